The van der Waals surface area contributed by atoms with Crippen molar-refractivity contribution in [2.45, 2.75) is 19.4 Å². The van der Waals surface area contributed by atoms with Crippen molar-refractivity contribution in [3.05, 3.63) is 48.4 Å². The largest absolute Gasteiger partial charge is 0.493 e. The lowest BCUT2D eigenvalue weighted by Gasteiger charge is -2.17. The highest BCUT2D eigenvalue weighted by molar-refractivity contribution is 6.07. The van der Waals surface area contributed by atoms with Crippen molar-refractivity contribution in [2.75, 3.05) is 38.5 Å². The van der Waals surface area contributed by atoms with Crippen molar-refractivity contribution in [3.8, 4) is 11.5 Å². The number of ether oxygens (including phenoxy) is 2. The maximum absolute atomic E-state index is 12.4. The zero-order valence-electron chi connectivity index (χ0n) is 18.9. The molecule has 3 aromatic rings. The van der Waals surface area contributed by atoms with Gasteiger partial charge < -0.3 is 30.4 Å². The van der Waals surface area contributed by atoms with Gasteiger partial charge in [0.25, 0.3) is 0 Å². The Bertz CT molecular complexity index is 1110. The van der Waals surface area contributed by atoms with Gasteiger partial charge in [-0.05, 0) is 37.3 Å². The zero-order valence-corrected chi connectivity index (χ0v) is 18.9. The number of hydrogen-bond donors (Lipinski definition) is 3. The number of nitrogens with one attached hydrogen (secondary N) is 3. The fourth-order valence-corrected chi connectivity index (χ4v) is 3.31. The third-order valence-electron chi connectivity index (χ3n) is 4.96. The molecule has 3 rings (SSSR count). The van der Waals surface area contributed by atoms with E-state index >= 15 is 0 Å². The minimum atomic E-state index is -0.332. The van der Waals surface area contributed by atoms with Crippen LogP contribution in [0.5, 0.6) is 11.5 Å². The van der Waals surface area contributed by atoms with Gasteiger partial charge >= 0.3 is 6.03 Å². The summed E-state index contributed by atoms with van der Waals surface area (Å²) in [4.78, 5) is 22.9. The molecule has 0 fully saturated rings. The van der Waals surface area contributed by atoms with Crippen molar-refractivity contribution in [1.82, 2.24) is 15.3 Å². The van der Waals surface area contributed by atoms with Crippen LogP contribution in [0.3, 0.4) is 0 Å². The Morgan fingerprint density at radius 3 is 2.38 bits per heavy atom. The van der Waals surface area contributed by atoms with Crippen LogP contribution in [0, 0.1) is 5.41 Å². The number of methoxy groups -OCH3 is 2. The van der Waals surface area contributed by atoms with Gasteiger partial charge in [0.15, 0.2) is 11.5 Å². The molecule has 1 atom stereocenters. The second-order valence-electron chi connectivity index (χ2n) is 7.57. The Balaban J connectivity index is 1.67. The minimum Gasteiger partial charge on any atom is -0.493 e. The number of nitrogens with zero attached hydrogens (tertiary/aromatic N) is 3. The molecule has 1 aromatic heterocycles. The number of benzene rings is 2. The average Bonchev–Trinajstić information content (AvgIpc) is 2.77. The topological polar surface area (TPSA) is 112 Å². The lowest BCUT2D eigenvalue weighted by molar-refractivity contribution is 0.249. The average molecular weight is 437 g/mol. The van der Waals surface area contributed by atoms with E-state index in [2.05, 4.69) is 20.6 Å². The second-order valence-corrected chi connectivity index (χ2v) is 7.57. The Morgan fingerprint density at radius 2 is 1.75 bits per heavy atom. The number of fused-ring (bicyclic) bond motifs is 1. The highest BCUT2D eigenvalue weighted by atomic mass is 16.5. The summed E-state index contributed by atoms with van der Waals surface area (Å²) in [6.45, 7) is 1.84. The molecule has 0 aliphatic heterocycles. The van der Waals surface area contributed by atoms with Crippen LogP contribution < -0.4 is 25.0 Å². The van der Waals surface area contributed by atoms with E-state index in [1.54, 1.807) is 26.4 Å². The number of carbonyl (C=O) groups excluding carboxylic acids is 1. The maximum atomic E-state index is 12.4. The van der Waals surface area contributed by atoms with Crippen LogP contribution in [0.1, 0.15) is 19.0 Å². The molecule has 0 saturated carbocycles. The molecule has 2 aromatic carbocycles. The highest BCUT2D eigenvalue weighted by Crippen LogP contribution is 2.32. The smallest absolute Gasteiger partial charge is 0.319 e. The summed E-state index contributed by atoms with van der Waals surface area (Å²) in [5, 5.41) is 14.9. The van der Waals surface area contributed by atoms with Crippen LogP contribution in [-0.4, -0.2) is 56.1 Å². The van der Waals surface area contributed by atoms with Gasteiger partial charge in [-0.15, -0.1) is 0 Å². The number of aromatic nitrogens is 2. The number of anilines is 2. The van der Waals surface area contributed by atoms with E-state index in [-0.39, 0.29) is 17.8 Å². The lowest BCUT2D eigenvalue weighted by Crippen LogP contribution is -2.37. The van der Waals surface area contributed by atoms with Gasteiger partial charge in [0, 0.05) is 49.4 Å². The quantitative estimate of drug-likeness (QED) is 0.464. The summed E-state index contributed by atoms with van der Waals surface area (Å²) < 4.78 is 10.7. The third kappa shape index (κ3) is 5.23. The fraction of sp³-hybridized carbons (Fsp3) is 0.304. The molecule has 9 heteroatoms. The second kappa shape index (κ2) is 9.95. The van der Waals surface area contributed by atoms with E-state index in [4.69, 9.17) is 14.9 Å². The molecule has 0 spiro atoms. The van der Waals surface area contributed by atoms with Gasteiger partial charge in [-0.25, -0.2) is 14.8 Å². The molecule has 0 aliphatic carbocycles. The molecule has 3 N–H and O–H groups in total. The molecule has 0 saturated heterocycles. The Labute approximate surface area is 187 Å². The predicted molar refractivity (Wildman–Crippen MR) is 126 cm³/mol. The molecule has 1 unspecified atom stereocenters. The SMILES string of the molecule is COc1cc2ncnc(C(=N)CC(C)NC(=O)Nc3ccc(N(C)C)cc3)c2cc1OC. The van der Waals surface area contributed by atoms with E-state index in [1.807, 2.05) is 50.2 Å². The van der Waals surface area contributed by atoms with Crippen molar-refractivity contribution >= 4 is 34.0 Å². The number of rotatable bonds is 8. The molecule has 9 nitrogen and oxygen atoms in total. The molecule has 168 valence electrons. The summed E-state index contributed by atoms with van der Waals surface area (Å²) in [6, 6.07) is 10.4. The standard InChI is InChI=1S/C23H28N6O3/c1-14(27-23(30)28-15-6-8-16(9-7-15)29(2)3)10-18(24)22-17-11-20(31-4)21(32-5)12-19(17)25-13-26-22/h6-9,11-14,24H,10H2,1-5H3,(H2,27,28,30). The third-order valence-corrected chi connectivity index (χ3v) is 4.96. The number of carbonyl (C=O) groups is 1. The van der Waals surface area contributed by atoms with Crippen molar-refractivity contribution in [2.24, 2.45) is 0 Å². The van der Waals surface area contributed by atoms with Crippen LogP contribution in [-0.2, 0) is 0 Å². The molecular formula is C23H28N6O3. The van der Waals surface area contributed by atoms with Gasteiger partial charge in [-0.3, -0.25) is 0 Å². The predicted octanol–water partition coefficient (Wildman–Crippen LogP) is 3.68. The van der Waals surface area contributed by atoms with Crippen LogP contribution in [0.25, 0.3) is 10.9 Å². The Kier molecular flexibility index (Phi) is 7.09. The van der Waals surface area contributed by atoms with E-state index in [9.17, 15) is 4.79 Å². The minimum absolute atomic E-state index is 0.284. The van der Waals surface area contributed by atoms with Crippen molar-refractivity contribution in [3.63, 3.8) is 0 Å². The zero-order chi connectivity index (χ0) is 23.3. The van der Waals surface area contributed by atoms with Crippen LogP contribution in [0.4, 0.5) is 16.2 Å². The normalized spacial score (nSPS) is 11.5. The summed E-state index contributed by atoms with van der Waals surface area (Å²) in [7, 11) is 7.03. The monoisotopic (exact) mass is 436 g/mol. The highest BCUT2D eigenvalue weighted by Gasteiger charge is 2.17. The van der Waals surface area contributed by atoms with E-state index in [0.29, 0.717) is 40.2 Å². The van der Waals surface area contributed by atoms with Crippen molar-refractivity contribution < 1.29 is 14.3 Å². The van der Waals surface area contributed by atoms with E-state index in [0.717, 1.165) is 5.69 Å². The Morgan fingerprint density at radius 1 is 1.09 bits per heavy atom. The van der Waals surface area contributed by atoms with Gasteiger partial charge in [-0.2, -0.15) is 0 Å². The maximum Gasteiger partial charge on any atom is 0.319 e. The number of hydrogen-bond acceptors (Lipinski definition) is 7. The summed E-state index contributed by atoms with van der Waals surface area (Å²) >= 11 is 0. The van der Waals surface area contributed by atoms with Gasteiger partial charge in [0.1, 0.15) is 6.33 Å². The fourth-order valence-electron chi connectivity index (χ4n) is 3.31. The first-order chi connectivity index (χ1) is 15.3. The summed E-state index contributed by atoms with van der Waals surface area (Å²) in [6.07, 6.45) is 1.72. The Hall–Kier alpha value is -3.88. The van der Waals surface area contributed by atoms with Crippen LogP contribution in [0.15, 0.2) is 42.7 Å². The molecular weight excluding hydrogens is 408 g/mol. The first kappa shape index (κ1) is 22.8. The first-order valence-electron chi connectivity index (χ1n) is 10.1. The van der Waals surface area contributed by atoms with Gasteiger partial charge in [0.05, 0.1) is 31.1 Å². The van der Waals surface area contributed by atoms with E-state index < -0.39 is 0 Å². The summed E-state index contributed by atoms with van der Waals surface area (Å²) in [5.41, 5.74) is 3.16. The molecule has 1 heterocycles. The molecule has 0 bridgehead atoms. The van der Waals surface area contributed by atoms with E-state index in [1.165, 1.54) is 6.33 Å². The molecule has 32 heavy (non-hydrogen) atoms. The van der Waals surface area contributed by atoms with Gasteiger partial charge in [-0.1, -0.05) is 0 Å². The van der Waals surface area contributed by atoms with Gasteiger partial charge in [0.2, 0.25) is 0 Å². The van der Waals surface area contributed by atoms with Crippen molar-refractivity contribution in [1.29, 1.82) is 5.41 Å². The van der Waals surface area contributed by atoms with Crippen LogP contribution >= 0.6 is 0 Å². The number of urea groups is 1. The molecule has 0 radical (unpaired) electrons. The number of amides is 2. The molecule has 2 amide bonds. The first-order valence-corrected chi connectivity index (χ1v) is 10.1. The molecule has 0 aliphatic rings. The summed E-state index contributed by atoms with van der Waals surface area (Å²) in [5.74, 6) is 1.09. The van der Waals surface area contributed by atoms with Crippen LogP contribution in [0.2, 0.25) is 0 Å². The lowest BCUT2D eigenvalue weighted by atomic mass is 10.0.